The number of hydrogen-bond donors (Lipinski definition) is 1. The van der Waals surface area contributed by atoms with Crippen LogP contribution in [0.1, 0.15) is 31.4 Å². The molecule has 0 saturated carbocycles. The van der Waals surface area contributed by atoms with Crippen LogP contribution in [0, 0.1) is 0 Å². The van der Waals surface area contributed by atoms with Crippen LogP contribution in [0.15, 0.2) is 30.3 Å². The maximum absolute atomic E-state index is 13.0. The molecule has 0 bridgehead atoms. The van der Waals surface area contributed by atoms with Gasteiger partial charge in [-0.2, -0.15) is 0 Å². The Balaban J connectivity index is 1.87. The molecule has 0 aromatic heterocycles. The lowest BCUT2D eigenvalue weighted by atomic mass is 10.1. The zero-order valence-electron chi connectivity index (χ0n) is 10.6. The zero-order valence-corrected chi connectivity index (χ0v) is 10.6. The van der Waals surface area contributed by atoms with Crippen molar-refractivity contribution in [3.8, 4) is 0 Å². The highest BCUT2D eigenvalue weighted by Crippen LogP contribution is 2.15. The Morgan fingerprint density at radius 3 is 2.56 bits per heavy atom. The summed E-state index contributed by atoms with van der Waals surface area (Å²) in [4.78, 5) is 13.7. The van der Waals surface area contributed by atoms with Gasteiger partial charge in [-0.05, 0) is 25.3 Å². The Bertz CT molecular complexity index is 388. The molecular weight excluding hydrogens is 231 g/mol. The number of amides is 2. The molecule has 0 aliphatic carbocycles. The van der Waals surface area contributed by atoms with Gasteiger partial charge >= 0.3 is 6.03 Å². The van der Waals surface area contributed by atoms with E-state index in [0.717, 1.165) is 5.56 Å². The van der Waals surface area contributed by atoms with Crippen molar-refractivity contribution in [1.29, 1.82) is 0 Å². The summed E-state index contributed by atoms with van der Waals surface area (Å²) in [7, 11) is 0. The number of benzene rings is 1. The molecule has 1 heterocycles. The summed E-state index contributed by atoms with van der Waals surface area (Å²) < 4.78 is 13.0. The number of rotatable bonds is 2. The fourth-order valence-corrected chi connectivity index (χ4v) is 2.15. The highest BCUT2D eigenvalue weighted by Gasteiger charge is 2.23. The fourth-order valence-electron chi connectivity index (χ4n) is 2.15. The van der Waals surface area contributed by atoms with Gasteiger partial charge in [0, 0.05) is 13.1 Å². The van der Waals surface area contributed by atoms with Crippen molar-refractivity contribution >= 4 is 6.03 Å². The topological polar surface area (TPSA) is 32.3 Å². The van der Waals surface area contributed by atoms with Gasteiger partial charge in [-0.25, -0.2) is 9.18 Å². The van der Waals surface area contributed by atoms with Gasteiger partial charge in [0.1, 0.15) is 6.17 Å². The maximum Gasteiger partial charge on any atom is 0.317 e. The van der Waals surface area contributed by atoms with E-state index in [1.165, 1.54) is 0 Å². The van der Waals surface area contributed by atoms with E-state index in [0.29, 0.717) is 25.9 Å². The Morgan fingerprint density at radius 1 is 1.33 bits per heavy atom. The second-order valence-corrected chi connectivity index (χ2v) is 4.74. The van der Waals surface area contributed by atoms with Gasteiger partial charge in [-0.3, -0.25) is 0 Å². The molecule has 2 amide bonds. The average Bonchev–Trinajstić information content (AvgIpc) is 2.40. The van der Waals surface area contributed by atoms with Crippen LogP contribution in [0.25, 0.3) is 0 Å². The smallest absolute Gasteiger partial charge is 0.317 e. The van der Waals surface area contributed by atoms with E-state index < -0.39 is 6.17 Å². The van der Waals surface area contributed by atoms with Gasteiger partial charge in [0.15, 0.2) is 0 Å². The molecular formula is C14H19FN2O. The normalized spacial score (nSPS) is 18.4. The number of alkyl halides is 1. The van der Waals surface area contributed by atoms with Crippen LogP contribution < -0.4 is 5.32 Å². The Hall–Kier alpha value is -1.58. The molecule has 18 heavy (non-hydrogen) atoms. The lowest BCUT2D eigenvalue weighted by molar-refractivity contribution is 0.150. The van der Waals surface area contributed by atoms with Crippen LogP contribution >= 0.6 is 0 Å². The largest absolute Gasteiger partial charge is 0.331 e. The Labute approximate surface area is 107 Å². The number of likely N-dealkylation sites (tertiary alicyclic amines) is 1. The van der Waals surface area contributed by atoms with Crippen molar-refractivity contribution in [2.75, 3.05) is 13.1 Å². The highest BCUT2D eigenvalue weighted by atomic mass is 19.1. The molecule has 1 aliphatic rings. The summed E-state index contributed by atoms with van der Waals surface area (Å²) in [5, 5.41) is 2.95. The van der Waals surface area contributed by atoms with Crippen molar-refractivity contribution < 1.29 is 9.18 Å². The standard InChI is InChI=1S/C14H19FN2O/c1-11(12-5-3-2-4-6-12)16-14(18)17-9-7-13(15)8-10-17/h2-6,11,13H,7-10H2,1H3,(H,16,18)/t11-/m0/s1. The summed E-state index contributed by atoms with van der Waals surface area (Å²) in [6, 6.07) is 9.70. The third kappa shape index (κ3) is 3.22. The van der Waals surface area contributed by atoms with Gasteiger partial charge in [0.2, 0.25) is 0 Å². The first-order chi connectivity index (χ1) is 8.66. The van der Waals surface area contributed by atoms with Gasteiger partial charge in [-0.15, -0.1) is 0 Å². The molecule has 1 aromatic rings. The fraction of sp³-hybridized carbons (Fsp3) is 0.500. The Morgan fingerprint density at radius 2 is 1.94 bits per heavy atom. The minimum atomic E-state index is -0.749. The Kier molecular flexibility index (Phi) is 4.18. The average molecular weight is 250 g/mol. The molecule has 0 radical (unpaired) electrons. The lowest BCUT2D eigenvalue weighted by Gasteiger charge is -2.30. The molecule has 1 aromatic carbocycles. The van der Waals surface area contributed by atoms with E-state index in [-0.39, 0.29) is 12.1 Å². The van der Waals surface area contributed by atoms with Crippen molar-refractivity contribution in [1.82, 2.24) is 10.2 Å². The van der Waals surface area contributed by atoms with Crippen molar-refractivity contribution in [3.05, 3.63) is 35.9 Å². The summed E-state index contributed by atoms with van der Waals surface area (Å²) in [5.41, 5.74) is 1.08. The summed E-state index contributed by atoms with van der Waals surface area (Å²) in [6.45, 7) is 2.97. The second kappa shape index (κ2) is 5.85. The monoisotopic (exact) mass is 250 g/mol. The summed E-state index contributed by atoms with van der Waals surface area (Å²) >= 11 is 0. The molecule has 0 unspecified atom stereocenters. The van der Waals surface area contributed by atoms with Crippen molar-refractivity contribution in [2.24, 2.45) is 0 Å². The first-order valence-corrected chi connectivity index (χ1v) is 6.41. The SMILES string of the molecule is C[C@H](NC(=O)N1CCC(F)CC1)c1ccccc1. The molecule has 2 rings (SSSR count). The zero-order chi connectivity index (χ0) is 13.0. The van der Waals surface area contributed by atoms with Crippen molar-refractivity contribution in [2.45, 2.75) is 32.0 Å². The minimum absolute atomic E-state index is 0.0261. The first kappa shape index (κ1) is 12.9. The van der Waals surface area contributed by atoms with Crippen LogP contribution in [-0.2, 0) is 0 Å². The molecule has 3 nitrogen and oxygen atoms in total. The number of urea groups is 1. The number of carbonyl (C=O) groups excluding carboxylic acids is 1. The number of carbonyl (C=O) groups is 1. The number of halogens is 1. The molecule has 1 saturated heterocycles. The van der Waals surface area contributed by atoms with E-state index >= 15 is 0 Å². The minimum Gasteiger partial charge on any atom is -0.331 e. The van der Waals surface area contributed by atoms with Gasteiger partial charge in [0.25, 0.3) is 0 Å². The van der Waals surface area contributed by atoms with Gasteiger partial charge < -0.3 is 10.2 Å². The molecule has 1 fully saturated rings. The highest BCUT2D eigenvalue weighted by molar-refractivity contribution is 5.74. The van der Waals surface area contributed by atoms with Crippen molar-refractivity contribution in [3.63, 3.8) is 0 Å². The van der Waals surface area contributed by atoms with E-state index in [1.807, 2.05) is 37.3 Å². The number of nitrogens with zero attached hydrogens (tertiary/aromatic N) is 1. The summed E-state index contributed by atoms with van der Waals surface area (Å²) in [6.07, 6.45) is 0.154. The van der Waals surface area contributed by atoms with E-state index in [9.17, 15) is 9.18 Å². The van der Waals surface area contributed by atoms with Crippen LogP contribution in [0.4, 0.5) is 9.18 Å². The summed E-state index contributed by atoms with van der Waals surface area (Å²) in [5.74, 6) is 0. The molecule has 4 heteroatoms. The number of piperidine rings is 1. The number of hydrogen-bond acceptors (Lipinski definition) is 1. The van der Waals surface area contributed by atoms with E-state index in [2.05, 4.69) is 5.32 Å². The van der Waals surface area contributed by atoms with Crippen LogP contribution in [0.2, 0.25) is 0 Å². The van der Waals surface area contributed by atoms with E-state index in [4.69, 9.17) is 0 Å². The van der Waals surface area contributed by atoms with Crippen LogP contribution in [-0.4, -0.2) is 30.2 Å². The quantitative estimate of drug-likeness (QED) is 0.860. The van der Waals surface area contributed by atoms with Gasteiger partial charge in [-0.1, -0.05) is 30.3 Å². The molecule has 1 atom stereocenters. The predicted molar refractivity (Wildman–Crippen MR) is 69.1 cm³/mol. The molecule has 1 aliphatic heterocycles. The third-order valence-electron chi connectivity index (χ3n) is 3.35. The predicted octanol–water partition coefficient (Wildman–Crippen LogP) is 2.89. The molecule has 0 spiro atoms. The molecule has 1 N–H and O–H groups in total. The van der Waals surface area contributed by atoms with Crippen LogP contribution in [0.3, 0.4) is 0 Å². The second-order valence-electron chi connectivity index (χ2n) is 4.74. The number of nitrogens with one attached hydrogen (secondary N) is 1. The van der Waals surface area contributed by atoms with Gasteiger partial charge in [0.05, 0.1) is 6.04 Å². The maximum atomic E-state index is 13.0. The molecule has 98 valence electrons. The lowest BCUT2D eigenvalue weighted by Crippen LogP contribution is -2.45. The van der Waals surface area contributed by atoms with Crippen LogP contribution in [0.5, 0.6) is 0 Å². The van der Waals surface area contributed by atoms with E-state index in [1.54, 1.807) is 4.90 Å². The first-order valence-electron chi connectivity index (χ1n) is 6.41. The third-order valence-corrected chi connectivity index (χ3v) is 3.35.